The Labute approximate surface area is 191 Å². The molecule has 4 heterocycles. The normalized spacial score (nSPS) is 11.2. The molecule has 12 heteroatoms. The molecule has 6 aromatic rings. The Hall–Kier alpha value is -5.13. The third-order valence-corrected chi connectivity index (χ3v) is 5.38. The molecule has 0 aliphatic carbocycles. The second-order valence-corrected chi connectivity index (χ2v) is 7.64. The van der Waals surface area contributed by atoms with Crippen LogP contribution in [0.25, 0.3) is 33.4 Å². The minimum absolute atomic E-state index is 0.314. The number of aromatic amines is 3. The Kier molecular flexibility index (Phi) is 4.65. The zero-order valence-corrected chi connectivity index (χ0v) is 17.6. The number of nitrogens with zero attached hydrogens (tertiary/aromatic N) is 7. The molecular weight excluding hydrogens is 434 g/mol. The van der Waals surface area contributed by atoms with Crippen molar-refractivity contribution >= 4 is 22.5 Å². The van der Waals surface area contributed by atoms with Gasteiger partial charge in [-0.3, -0.25) is 19.7 Å². The first-order valence-corrected chi connectivity index (χ1v) is 10.4. The van der Waals surface area contributed by atoms with Crippen LogP contribution >= 0.6 is 0 Å². The molecule has 1 amide bonds. The molecule has 6 rings (SSSR count). The first kappa shape index (κ1) is 19.5. The summed E-state index contributed by atoms with van der Waals surface area (Å²) in [5.74, 6) is 0.208. The van der Waals surface area contributed by atoms with E-state index < -0.39 is 0 Å². The van der Waals surface area contributed by atoms with E-state index in [4.69, 9.17) is 0 Å². The fraction of sp³-hybridized carbons (Fsp3) is 0.0455. The van der Waals surface area contributed by atoms with E-state index in [1.165, 1.54) is 0 Å². The van der Waals surface area contributed by atoms with Gasteiger partial charge in [0.1, 0.15) is 0 Å². The average Bonchev–Trinajstić information content (AvgIpc) is 3.66. The van der Waals surface area contributed by atoms with Crippen LogP contribution in [0.2, 0.25) is 0 Å². The Morgan fingerprint density at radius 2 is 2.00 bits per heavy atom. The molecule has 0 saturated heterocycles. The number of carbonyl (C=O) groups is 1. The van der Waals surface area contributed by atoms with Gasteiger partial charge in [0.15, 0.2) is 5.69 Å². The molecule has 4 N–H and O–H groups in total. The van der Waals surface area contributed by atoms with E-state index in [1.807, 2.05) is 48.7 Å². The van der Waals surface area contributed by atoms with E-state index >= 15 is 0 Å². The van der Waals surface area contributed by atoms with Gasteiger partial charge in [0.05, 0.1) is 30.1 Å². The van der Waals surface area contributed by atoms with Gasteiger partial charge in [-0.05, 0) is 34.5 Å². The average molecular weight is 451 g/mol. The van der Waals surface area contributed by atoms with Crippen LogP contribution in [-0.2, 0) is 6.54 Å². The zero-order chi connectivity index (χ0) is 22.9. The highest BCUT2D eigenvalue weighted by atomic mass is 16.2. The molecule has 0 unspecified atom stereocenters. The fourth-order valence-corrected chi connectivity index (χ4v) is 3.77. The molecule has 12 nitrogen and oxygen atoms in total. The van der Waals surface area contributed by atoms with Crippen molar-refractivity contribution in [2.24, 2.45) is 0 Å². The zero-order valence-electron chi connectivity index (χ0n) is 17.6. The van der Waals surface area contributed by atoms with Crippen LogP contribution in [0.5, 0.6) is 0 Å². The molecule has 0 aliphatic heterocycles. The number of hydrogen-bond acceptors (Lipinski definition) is 7. The number of hydrogen-bond donors (Lipinski definition) is 4. The molecule has 34 heavy (non-hydrogen) atoms. The van der Waals surface area contributed by atoms with Gasteiger partial charge >= 0.3 is 0 Å². The lowest BCUT2D eigenvalue weighted by atomic mass is 10.1. The van der Waals surface area contributed by atoms with Gasteiger partial charge in [-0.1, -0.05) is 24.3 Å². The first-order valence-electron chi connectivity index (χ1n) is 10.4. The van der Waals surface area contributed by atoms with Crippen LogP contribution in [0.1, 0.15) is 16.1 Å². The number of amides is 1. The molecule has 0 aliphatic rings. The van der Waals surface area contributed by atoms with Gasteiger partial charge in [-0.25, -0.2) is 0 Å². The number of rotatable bonds is 6. The number of anilines is 1. The predicted molar refractivity (Wildman–Crippen MR) is 123 cm³/mol. The maximum absolute atomic E-state index is 12.9. The van der Waals surface area contributed by atoms with Crippen molar-refractivity contribution in [2.75, 3.05) is 5.32 Å². The van der Waals surface area contributed by atoms with Crippen LogP contribution in [0.4, 0.5) is 5.69 Å². The van der Waals surface area contributed by atoms with Crippen molar-refractivity contribution in [3.05, 3.63) is 78.5 Å². The lowest BCUT2D eigenvalue weighted by molar-refractivity contribution is 0.102. The summed E-state index contributed by atoms with van der Waals surface area (Å²) in [7, 11) is 0. The number of nitrogens with one attached hydrogen (secondary N) is 4. The minimum Gasteiger partial charge on any atom is -0.318 e. The van der Waals surface area contributed by atoms with E-state index in [0.29, 0.717) is 23.8 Å². The number of carbonyl (C=O) groups excluding carboxylic acids is 1. The van der Waals surface area contributed by atoms with Crippen molar-refractivity contribution < 1.29 is 4.79 Å². The highest BCUT2D eigenvalue weighted by Gasteiger charge is 2.16. The number of benzene rings is 2. The Bertz CT molecular complexity index is 1580. The molecule has 166 valence electrons. The highest BCUT2D eigenvalue weighted by Crippen LogP contribution is 2.25. The van der Waals surface area contributed by atoms with Crippen molar-refractivity contribution in [2.45, 2.75) is 6.54 Å². The standard InChI is InChI=1S/C22H17N11O/c34-22(20-18-5-4-14(7-19(18)27-28-20)16-8-23-24-9-16)26-17-10-25-33(12-17)11-13-2-1-3-15(6-13)21-29-31-32-30-21/h1-10,12H,11H2,(H,23,24)(H,26,34)(H,27,28)(H,29,30,31,32). The van der Waals surface area contributed by atoms with E-state index in [2.05, 4.69) is 51.4 Å². The third-order valence-electron chi connectivity index (χ3n) is 5.38. The molecular formula is C22H17N11O. The van der Waals surface area contributed by atoms with Crippen molar-refractivity contribution in [1.82, 2.24) is 50.8 Å². The fourth-order valence-electron chi connectivity index (χ4n) is 3.77. The van der Waals surface area contributed by atoms with Gasteiger partial charge in [0.25, 0.3) is 5.91 Å². The summed E-state index contributed by atoms with van der Waals surface area (Å²) in [4.78, 5) is 12.9. The lowest BCUT2D eigenvalue weighted by Crippen LogP contribution is -2.12. The van der Waals surface area contributed by atoms with Gasteiger partial charge in [0.2, 0.25) is 5.82 Å². The minimum atomic E-state index is -0.319. The number of H-pyrrole nitrogens is 3. The largest absolute Gasteiger partial charge is 0.318 e. The maximum atomic E-state index is 12.9. The number of tetrazole rings is 1. The summed E-state index contributed by atoms with van der Waals surface area (Å²) in [5.41, 5.74) is 5.45. The Morgan fingerprint density at radius 1 is 1.03 bits per heavy atom. The molecule has 0 fully saturated rings. The molecule has 0 bridgehead atoms. The van der Waals surface area contributed by atoms with Crippen molar-refractivity contribution in [3.63, 3.8) is 0 Å². The predicted octanol–water partition coefficient (Wildman–Crippen LogP) is 2.63. The Balaban J connectivity index is 1.17. The van der Waals surface area contributed by atoms with Gasteiger partial charge < -0.3 is 5.32 Å². The first-order chi connectivity index (χ1) is 16.7. The third kappa shape index (κ3) is 3.68. The van der Waals surface area contributed by atoms with Gasteiger partial charge in [-0.15, -0.1) is 10.2 Å². The Morgan fingerprint density at radius 3 is 2.85 bits per heavy atom. The van der Waals surface area contributed by atoms with Crippen LogP contribution in [-0.4, -0.2) is 56.7 Å². The van der Waals surface area contributed by atoms with Gasteiger partial charge in [-0.2, -0.15) is 20.5 Å². The number of fused-ring (bicyclic) bond motifs is 1. The molecule has 0 saturated carbocycles. The molecule has 0 radical (unpaired) electrons. The molecule has 2 aromatic carbocycles. The monoisotopic (exact) mass is 451 g/mol. The summed E-state index contributed by atoms with van der Waals surface area (Å²) in [6.45, 7) is 0.518. The summed E-state index contributed by atoms with van der Waals surface area (Å²) in [5, 5.41) is 35.9. The summed E-state index contributed by atoms with van der Waals surface area (Å²) >= 11 is 0. The molecule has 0 spiro atoms. The second-order valence-electron chi connectivity index (χ2n) is 7.64. The summed E-state index contributed by atoms with van der Waals surface area (Å²) < 4.78 is 1.74. The second kappa shape index (κ2) is 8.09. The van der Waals surface area contributed by atoms with E-state index in [1.54, 1.807) is 23.3 Å². The van der Waals surface area contributed by atoms with E-state index in [-0.39, 0.29) is 5.91 Å². The van der Waals surface area contributed by atoms with Crippen molar-refractivity contribution in [3.8, 4) is 22.5 Å². The highest BCUT2D eigenvalue weighted by molar-refractivity contribution is 6.11. The topological polar surface area (TPSA) is 159 Å². The maximum Gasteiger partial charge on any atom is 0.276 e. The van der Waals surface area contributed by atoms with Crippen LogP contribution in [0.3, 0.4) is 0 Å². The van der Waals surface area contributed by atoms with E-state index in [9.17, 15) is 4.79 Å². The van der Waals surface area contributed by atoms with Crippen LogP contribution in [0.15, 0.2) is 67.3 Å². The summed E-state index contributed by atoms with van der Waals surface area (Å²) in [6.07, 6.45) is 6.92. The quantitative estimate of drug-likeness (QED) is 0.303. The smallest absolute Gasteiger partial charge is 0.276 e. The van der Waals surface area contributed by atoms with Crippen LogP contribution < -0.4 is 5.32 Å². The number of aromatic nitrogens is 10. The van der Waals surface area contributed by atoms with Crippen molar-refractivity contribution in [1.29, 1.82) is 0 Å². The molecule has 0 atom stereocenters. The van der Waals surface area contributed by atoms with E-state index in [0.717, 1.165) is 33.2 Å². The SMILES string of the molecule is O=C(Nc1cnn(Cc2cccc(-c3nn[nH]n3)c2)c1)c1n[nH]c2cc(-c3cn[nH]c3)ccc12. The lowest BCUT2D eigenvalue weighted by Gasteiger charge is -2.04. The van der Waals surface area contributed by atoms with Gasteiger partial charge in [0, 0.05) is 28.9 Å². The summed E-state index contributed by atoms with van der Waals surface area (Å²) in [6, 6.07) is 13.5. The van der Waals surface area contributed by atoms with Crippen LogP contribution in [0, 0.1) is 0 Å². The molecule has 4 aromatic heterocycles.